The Bertz CT molecular complexity index is 874. The van der Waals surface area contributed by atoms with Gasteiger partial charge < -0.3 is 15.6 Å². The molecule has 3 N–H and O–H groups in total. The van der Waals surface area contributed by atoms with Crippen LogP contribution >= 0.6 is 12.4 Å². The largest absolute Gasteiger partial charge is 0.384 e. The van der Waals surface area contributed by atoms with Gasteiger partial charge in [0.05, 0.1) is 28.5 Å². The Morgan fingerprint density at radius 1 is 1.33 bits per heavy atom. The van der Waals surface area contributed by atoms with Crippen LogP contribution in [0.4, 0.5) is 11.5 Å². The summed E-state index contributed by atoms with van der Waals surface area (Å²) in [5, 5.41) is 7.50. The SMILES string of the molecule is Cc1cc(C(=O)Nc2ccc(N)nc2)c2c(C(C)C)noc2n1.Cl. The summed E-state index contributed by atoms with van der Waals surface area (Å²) in [7, 11) is 0. The molecule has 3 heterocycles. The zero-order valence-electron chi connectivity index (χ0n) is 13.5. The molecule has 0 aliphatic carbocycles. The first kappa shape index (κ1) is 17.7. The van der Waals surface area contributed by atoms with Crippen molar-refractivity contribution in [3.05, 3.63) is 41.3 Å². The molecule has 0 radical (unpaired) electrons. The number of hydrogen-bond acceptors (Lipinski definition) is 6. The summed E-state index contributed by atoms with van der Waals surface area (Å²) in [6.45, 7) is 5.78. The van der Waals surface area contributed by atoms with E-state index < -0.39 is 0 Å². The number of pyridine rings is 2. The Morgan fingerprint density at radius 2 is 2.08 bits per heavy atom. The number of nitrogens with zero attached hydrogens (tertiary/aromatic N) is 3. The van der Waals surface area contributed by atoms with Gasteiger partial charge in [0.15, 0.2) is 0 Å². The van der Waals surface area contributed by atoms with Gasteiger partial charge in [0.25, 0.3) is 11.6 Å². The highest BCUT2D eigenvalue weighted by atomic mass is 35.5. The molecule has 0 atom stereocenters. The van der Waals surface area contributed by atoms with Crippen LogP contribution in [0.1, 0.15) is 41.5 Å². The number of nitrogens with two attached hydrogens (primary N) is 1. The number of fused-ring (bicyclic) bond motifs is 1. The van der Waals surface area contributed by atoms with E-state index in [2.05, 4.69) is 20.4 Å². The lowest BCUT2D eigenvalue weighted by Gasteiger charge is -2.08. The van der Waals surface area contributed by atoms with Gasteiger partial charge in [-0.3, -0.25) is 4.79 Å². The van der Waals surface area contributed by atoms with Crippen LogP contribution in [0, 0.1) is 6.92 Å². The van der Waals surface area contributed by atoms with Gasteiger partial charge >= 0.3 is 0 Å². The molecular formula is C16H18ClN5O2. The lowest BCUT2D eigenvalue weighted by atomic mass is 10.0. The molecule has 126 valence electrons. The number of aryl methyl sites for hydroxylation is 1. The average molecular weight is 348 g/mol. The van der Waals surface area contributed by atoms with Crippen molar-refractivity contribution in [3.63, 3.8) is 0 Å². The smallest absolute Gasteiger partial charge is 0.259 e. The fourth-order valence-electron chi connectivity index (χ4n) is 2.35. The maximum absolute atomic E-state index is 12.7. The second kappa shape index (κ2) is 6.84. The maximum atomic E-state index is 12.7. The molecule has 3 aromatic rings. The van der Waals surface area contributed by atoms with Crippen LogP contribution in [0.2, 0.25) is 0 Å². The molecule has 1 amide bonds. The Labute approximate surface area is 145 Å². The number of carbonyl (C=O) groups excluding carboxylic acids is 1. The summed E-state index contributed by atoms with van der Waals surface area (Å²) >= 11 is 0. The fourth-order valence-corrected chi connectivity index (χ4v) is 2.35. The van der Waals surface area contributed by atoms with E-state index in [1.165, 1.54) is 6.20 Å². The molecule has 0 aromatic carbocycles. The number of nitrogens with one attached hydrogen (secondary N) is 1. The number of amides is 1. The van der Waals surface area contributed by atoms with Gasteiger partial charge in [0.1, 0.15) is 5.82 Å². The summed E-state index contributed by atoms with van der Waals surface area (Å²) in [6, 6.07) is 5.05. The molecular weight excluding hydrogens is 330 g/mol. The molecule has 0 aliphatic rings. The van der Waals surface area contributed by atoms with Gasteiger partial charge in [0.2, 0.25) is 0 Å². The van der Waals surface area contributed by atoms with Crippen molar-refractivity contribution in [1.82, 2.24) is 15.1 Å². The number of carbonyl (C=O) groups is 1. The van der Waals surface area contributed by atoms with Crippen molar-refractivity contribution in [2.24, 2.45) is 0 Å². The predicted octanol–water partition coefficient (Wildman–Crippen LogP) is 3.31. The third-order valence-electron chi connectivity index (χ3n) is 3.44. The van der Waals surface area contributed by atoms with E-state index in [-0.39, 0.29) is 24.2 Å². The summed E-state index contributed by atoms with van der Waals surface area (Å²) in [4.78, 5) is 20.9. The lowest BCUT2D eigenvalue weighted by Crippen LogP contribution is -2.14. The van der Waals surface area contributed by atoms with Crippen LogP contribution < -0.4 is 11.1 Å². The predicted molar refractivity (Wildman–Crippen MR) is 94.5 cm³/mol. The lowest BCUT2D eigenvalue weighted by molar-refractivity contribution is 0.102. The van der Waals surface area contributed by atoms with E-state index in [9.17, 15) is 4.79 Å². The first-order valence-corrected chi connectivity index (χ1v) is 7.25. The van der Waals surface area contributed by atoms with E-state index in [0.717, 1.165) is 0 Å². The zero-order valence-corrected chi connectivity index (χ0v) is 14.3. The van der Waals surface area contributed by atoms with Crippen LogP contribution in [-0.4, -0.2) is 21.0 Å². The Kier molecular flexibility index (Phi) is 5.04. The summed E-state index contributed by atoms with van der Waals surface area (Å²) in [6.07, 6.45) is 1.51. The highest BCUT2D eigenvalue weighted by Crippen LogP contribution is 2.28. The third-order valence-corrected chi connectivity index (χ3v) is 3.44. The minimum atomic E-state index is -0.267. The van der Waals surface area contributed by atoms with Gasteiger partial charge in [-0.05, 0) is 31.0 Å². The van der Waals surface area contributed by atoms with Crippen molar-refractivity contribution in [2.45, 2.75) is 26.7 Å². The molecule has 0 bridgehead atoms. The number of nitrogen functional groups attached to an aromatic ring is 1. The van der Waals surface area contributed by atoms with E-state index in [1.807, 2.05) is 13.8 Å². The molecule has 0 aliphatic heterocycles. The summed E-state index contributed by atoms with van der Waals surface area (Å²) < 4.78 is 5.28. The Balaban J connectivity index is 0.00000208. The number of halogens is 1. The average Bonchev–Trinajstić information content (AvgIpc) is 2.92. The van der Waals surface area contributed by atoms with Crippen molar-refractivity contribution in [1.29, 1.82) is 0 Å². The number of rotatable bonds is 3. The molecule has 0 unspecified atom stereocenters. The molecule has 24 heavy (non-hydrogen) atoms. The molecule has 0 fully saturated rings. The maximum Gasteiger partial charge on any atom is 0.259 e. The van der Waals surface area contributed by atoms with Gasteiger partial charge in [-0.25, -0.2) is 9.97 Å². The summed E-state index contributed by atoms with van der Waals surface area (Å²) in [5.74, 6) is 0.244. The molecule has 8 heteroatoms. The molecule has 0 saturated heterocycles. The minimum absolute atomic E-state index is 0. The highest BCUT2D eigenvalue weighted by Gasteiger charge is 2.21. The van der Waals surface area contributed by atoms with Crippen molar-refractivity contribution in [2.75, 3.05) is 11.1 Å². The van der Waals surface area contributed by atoms with E-state index >= 15 is 0 Å². The van der Waals surface area contributed by atoms with Crippen LogP contribution in [-0.2, 0) is 0 Å². The van der Waals surface area contributed by atoms with E-state index in [1.54, 1.807) is 25.1 Å². The third kappa shape index (κ3) is 3.30. The summed E-state index contributed by atoms with van der Waals surface area (Å²) in [5.41, 5.74) is 8.36. The van der Waals surface area contributed by atoms with Crippen LogP contribution in [0.3, 0.4) is 0 Å². The molecule has 3 rings (SSSR count). The van der Waals surface area contributed by atoms with Crippen LogP contribution in [0.25, 0.3) is 11.1 Å². The normalized spacial score (nSPS) is 10.7. The van der Waals surface area contributed by atoms with Gasteiger partial charge in [-0.2, -0.15) is 0 Å². The molecule has 0 spiro atoms. The second-order valence-corrected chi connectivity index (χ2v) is 5.64. The number of aromatic nitrogens is 3. The molecule has 3 aromatic heterocycles. The van der Waals surface area contributed by atoms with E-state index in [0.29, 0.717) is 39.6 Å². The number of anilines is 2. The van der Waals surface area contributed by atoms with Gasteiger partial charge in [-0.1, -0.05) is 19.0 Å². The van der Waals surface area contributed by atoms with Crippen molar-refractivity contribution in [3.8, 4) is 0 Å². The van der Waals surface area contributed by atoms with Crippen molar-refractivity contribution < 1.29 is 9.32 Å². The fraction of sp³-hybridized carbons (Fsp3) is 0.250. The standard InChI is InChI=1S/C16H17N5O2.ClH/c1-8(2)14-13-11(6-9(3)19-16(13)23-21-14)15(22)20-10-4-5-12(17)18-7-10;/h4-8H,1-3H3,(H2,17,18)(H,20,22);1H. The first-order valence-electron chi connectivity index (χ1n) is 7.25. The molecule has 7 nitrogen and oxygen atoms in total. The van der Waals surface area contributed by atoms with Gasteiger partial charge in [-0.15, -0.1) is 12.4 Å². The van der Waals surface area contributed by atoms with Gasteiger partial charge in [0, 0.05) is 5.69 Å². The zero-order chi connectivity index (χ0) is 16.6. The van der Waals surface area contributed by atoms with Crippen LogP contribution in [0.15, 0.2) is 28.9 Å². The monoisotopic (exact) mass is 347 g/mol. The first-order chi connectivity index (χ1) is 11.0. The second-order valence-electron chi connectivity index (χ2n) is 5.64. The topological polar surface area (TPSA) is 107 Å². The number of hydrogen-bond donors (Lipinski definition) is 2. The Hall–Kier alpha value is -2.67. The van der Waals surface area contributed by atoms with Crippen LogP contribution in [0.5, 0.6) is 0 Å². The quantitative estimate of drug-likeness (QED) is 0.752. The van der Waals surface area contributed by atoms with E-state index in [4.69, 9.17) is 10.3 Å². The minimum Gasteiger partial charge on any atom is -0.384 e. The highest BCUT2D eigenvalue weighted by molar-refractivity contribution is 6.12. The van der Waals surface area contributed by atoms with Crippen molar-refractivity contribution >= 4 is 40.9 Å². The Morgan fingerprint density at radius 3 is 2.71 bits per heavy atom. The molecule has 0 saturated carbocycles.